The van der Waals surface area contributed by atoms with Crippen LogP contribution in [0.4, 0.5) is 4.79 Å². The second kappa shape index (κ2) is 8.05. The van der Waals surface area contributed by atoms with Gasteiger partial charge in [0.15, 0.2) is 0 Å². The van der Waals surface area contributed by atoms with Gasteiger partial charge < -0.3 is 10.2 Å². The Morgan fingerprint density at radius 1 is 1.24 bits per heavy atom. The quantitative estimate of drug-likeness (QED) is 0.833. The molecule has 0 unspecified atom stereocenters. The lowest BCUT2D eigenvalue weighted by Gasteiger charge is -2.22. The summed E-state index contributed by atoms with van der Waals surface area (Å²) in [4.78, 5) is 14.1. The highest BCUT2D eigenvalue weighted by atomic mass is 35.5. The zero-order valence-corrected chi connectivity index (χ0v) is 13.6. The van der Waals surface area contributed by atoms with Crippen LogP contribution >= 0.6 is 22.9 Å². The number of hydrogen-bond donors (Lipinski definition) is 1. The van der Waals surface area contributed by atoms with Gasteiger partial charge in [-0.15, -0.1) is 0 Å². The predicted octanol–water partition coefficient (Wildman–Crippen LogP) is 4.52. The molecule has 2 amide bonds. The van der Waals surface area contributed by atoms with E-state index in [2.05, 4.69) is 23.7 Å². The van der Waals surface area contributed by atoms with Crippen LogP contribution in [0.2, 0.25) is 5.02 Å². The van der Waals surface area contributed by atoms with Crippen LogP contribution < -0.4 is 5.32 Å². The van der Waals surface area contributed by atoms with E-state index < -0.39 is 0 Å². The number of benzene rings is 1. The van der Waals surface area contributed by atoms with Gasteiger partial charge in [-0.25, -0.2) is 4.79 Å². The van der Waals surface area contributed by atoms with E-state index in [1.165, 1.54) is 5.56 Å². The highest BCUT2D eigenvalue weighted by Gasteiger charge is 2.12. The Morgan fingerprint density at radius 3 is 2.62 bits per heavy atom. The fraction of sp³-hybridized carbons (Fsp3) is 0.312. The Kier molecular flexibility index (Phi) is 6.08. The van der Waals surface area contributed by atoms with Crippen LogP contribution in [-0.4, -0.2) is 17.5 Å². The van der Waals surface area contributed by atoms with E-state index in [9.17, 15) is 4.79 Å². The second-order valence-corrected chi connectivity index (χ2v) is 6.05. The third-order valence-electron chi connectivity index (χ3n) is 3.09. The molecule has 3 nitrogen and oxygen atoms in total. The molecule has 5 heteroatoms. The smallest absolute Gasteiger partial charge is 0.317 e. The first-order valence-corrected chi connectivity index (χ1v) is 8.29. The second-order valence-electron chi connectivity index (χ2n) is 4.84. The maximum atomic E-state index is 12.3. The molecule has 2 rings (SSSR count). The first-order chi connectivity index (χ1) is 10.2. The van der Waals surface area contributed by atoms with Crippen molar-refractivity contribution < 1.29 is 4.79 Å². The van der Waals surface area contributed by atoms with E-state index in [0.717, 1.165) is 18.5 Å². The van der Waals surface area contributed by atoms with Gasteiger partial charge in [0.05, 0.1) is 0 Å². The summed E-state index contributed by atoms with van der Waals surface area (Å²) in [7, 11) is 0. The predicted molar refractivity (Wildman–Crippen MR) is 88.7 cm³/mol. The lowest BCUT2D eigenvalue weighted by atomic mass is 10.2. The molecular weight excluding hydrogens is 304 g/mol. The third-order valence-corrected chi connectivity index (χ3v) is 4.08. The molecule has 112 valence electrons. The summed E-state index contributed by atoms with van der Waals surface area (Å²) in [6.07, 6.45) is 0.943. The van der Waals surface area contributed by atoms with E-state index in [4.69, 9.17) is 11.6 Å². The average molecular weight is 323 g/mol. The number of halogens is 1. The third kappa shape index (κ3) is 5.06. The Morgan fingerprint density at radius 2 is 2.00 bits per heavy atom. The minimum atomic E-state index is -0.0296. The zero-order chi connectivity index (χ0) is 15.1. The molecule has 0 aliphatic rings. The highest BCUT2D eigenvalue weighted by Crippen LogP contribution is 2.11. The van der Waals surface area contributed by atoms with Gasteiger partial charge in [-0.3, -0.25) is 0 Å². The fourth-order valence-corrected chi connectivity index (χ4v) is 2.80. The lowest BCUT2D eigenvalue weighted by Crippen LogP contribution is -2.39. The Labute approximate surface area is 134 Å². The van der Waals surface area contributed by atoms with Crippen molar-refractivity contribution in [2.24, 2.45) is 0 Å². The molecule has 0 radical (unpaired) electrons. The number of rotatable bonds is 6. The standard InChI is InChI=1S/C16H19ClN2OS/c1-2-8-19(11-14-7-9-21-12-14)16(20)18-10-13-3-5-15(17)6-4-13/h3-7,9,12H,2,8,10-11H2,1H3,(H,18,20). The Bertz CT molecular complexity index is 554. The lowest BCUT2D eigenvalue weighted by molar-refractivity contribution is 0.194. The minimum absolute atomic E-state index is 0.0296. The van der Waals surface area contributed by atoms with Crippen LogP contribution in [0.3, 0.4) is 0 Å². The summed E-state index contributed by atoms with van der Waals surface area (Å²) in [5.41, 5.74) is 2.22. The molecule has 0 bridgehead atoms. The first-order valence-electron chi connectivity index (χ1n) is 6.97. The summed E-state index contributed by atoms with van der Waals surface area (Å²) in [5, 5.41) is 7.78. The molecule has 0 atom stereocenters. The van der Waals surface area contributed by atoms with Crippen molar-refractivity contribution in [1.29, 1.82) is 0 Å². The number of thiophene rings is 1. The van der Waals surface area contributed by atoms with Crippen molar-refractivity contribution in [1.82, 2.24) is 10.2 Å². The van der Waals surface area contributed by atoms with Gasteiger partial charge in [-0.05, 0) is 46.5 Å². The van der Waals surface area contributed by atoms with Crippen LogP contribution in [0.25, 0.3) is 0 Å². The number of carbonyl (C=O) groups excluding carboxylic acids is 1. The molecule has 0 saturated carbocycles. The van der Waals surface area contributed by atoms with Crippen LogP contribution in [0.1, 0.15) is 24.5 Å². The molecule has 2 aromatic rings. The normalized spacial score (nSPS) is 10.4. The molecule has 1 aromatic heterocycles. The van der Waals surface area contributed by atoms with Gasteiger partial charge in [0, 0.05) is 24.7 Å². The van der Waals surface area contributed by atoms with Gasteiger partial charge in [0.1, 0.15) is 0 Å². The van der Waals surface area contributed by atoms with Gasteiger partial charge in [0.2, 0.25) is 0 Å². The Balaban J connectivity index is 1.90. The van der Waals surface area contributed by atoms with E-state index >= 15 is 0 Å². The average Bonchev–Trinajstić information content (AvgIpc) is 2.99. The maximum Gasteiger partial charge on any atom is 0.317 e. The van der Waals surface area contributed by atoms with E-state index in [0.29, 0.717) is 18.1 Å². The zero-order valence-electron chi connectivity index (χ0n) is 12.0. The number of hydrogen-bond acceptors (Lipinski definition) is 2. The monoisotopic (exact) mass is 322 g/mol. The highest BCUT2D eigenvalue weighted by molar-refractivity contribution is 7.07. The minimum Gasteiger partial charge on any atom is -0.334 e. The maximum absolute atomic E-state index is 12.3. The van der Waals surface area contributed by atoms with Crippen LogP contribution in [0.15, 0.2) is 41.1 Å². The van der Waals surface area contributed by atoms with Crippen LogP contribution in [-0.2, 0) is 13.1 Å². The summed E-state index contributed by atoms with van der Waals surface area (Å²) in [5.74, 6) is 0. The molecule has 0 spiro atoms. The first kappa shape index (κ1) is 15.9. The summed E-state index contributed by atoms with van der Waals surface area (Å²) >= 11 is 7.50. The molecule has 0 fully saturated rings. The number of urea groups is 1. The van der Waals surface area contributed by atoms with Gasteiger partial charge >= 0.3 is 6.03 Å². The van der Waals surface area contributed by atoms with Gasteiger partial charge in [-0.1, -0.05) is 30.7 Å². The van der Waals surface area contributed by atoms with E-state index in [1.54, 1.807) is 11.3 Å². The van der Waals surface area contributed by atoms with Crippen molar-refractivity contribution in [3.05, 3.63) is 57.2 Å². The largest absolute Gasteiger partial charge is 0.334 e. The van der Waals surface area contributed by atoms with E-state index in [-0.39, 0.29) is 6.03 Å². The number of carbonyl (C=O) groups is 1. The van der Waals surface area contributed by atoms with Crippen molar-refractivity contribution in [3.63, 3.8) is 0 Å². The molecule has 0 aliphatic heterocycles. The van der Waals surface area contributed by atoms with Crippen molar-refractivity contribution in [2.45, 2.75) is 26.4 Å². The van der Waals surface area contributed by atoms with Crippen LogP contribution in [0.5, 0.6) is 0 Å². The SMILES string of the molecule is CCCN(Cc1ccsc1)C(=O)NCc1ccc(Cl)cc1. The van der Waals surface area contributed by atoms with Gasteiger partial charge in [0.25, 0.3) is 0 Å². The molecule has 1 aromatic carbocycles. The Hall–Kier alpha value is -1.52. The fourth-order valence-electron chi connectivity index (χ4n) is 2.02. The van der Waals surface area contributed by atoms with Gasteiger partial charge in [-0.2, -0.15) is 11.3 Å². The summed E-state index contributed by atoms with van der Waals surface area (Å²) < 4.78 is 0. The molecule has 0 saturated heterocycles. The molecule has 1 N–H and O–H groups in total. The molecule has 1 heterocycles. The van der Waals surface area contributed by atoms with Crippen molar-refractivity contribution in [2.75, 3.05) is 6.54 Å². The van der Waals surface area contributed by atoms with E-state index in [1.807, 2.05) is 34.5 Å². The molecule has 21 heavy (non-hydrogen) atoms. The number of amides is 2. The number of nitrogens with zero attached hydrogens (tertiary/aromatic N) is 1. The van der Waals surface area contributed by atoms with Crippen molar-refractivity contribution in [3.8, 4) is 0 Å². The molecule has 0 aliphatic carbocycles. The topological polar surface area (TPSA) is 32.3 Å². The van der Waals surface area contributed by atoms with Crippen LogP contribution in [0, 0.1) is 0 Å². The summed E-state index contributed by atoms with van der Waals surface area (Å²) in [6.45, 7) is 4.00. The molecular formula is C16H19ClN2OS. The number of nitrogens with one attached hydrogen (secondary N) is 1. The summed E-state index contributed by atoms with van der Waals surface area (Å²) in [6, 6.07) is 9.53. The van der Waals surface area contributed by atoms with Crippen molar-refractivity contribution >= 4 is 29.0 Å².